The van der Waals surface area contributed by atoms with Crippen LogP contribution in [0.3, 0.4) is 0 Å². The summed E-state index contributed by atoms with van der Waals surface area (Å²) in [7, 11) is 0. The van der Waals surface area contributed by atoms with Crippen LogP contribution < -0.4 is 10.9 Å². The highest BCUT2D eigenvalue weighted by atomic mass is 16.1. The van der Waals surface area contributed by atoms with Gasteiger partial charge in [-0.15, -0.1) is 5.10 Å². The predicted octanol–water partition coefficient (Wildman–Crippen LogP) is 2.54. The lowest BCUT2D eigenvalue weighted by Crippen LogP contribution is -2.15. The minimum atomic E-state index is -0.145. The number of anilines is 1. The van der Waals surface area contributed by atoms with Crippen LogP contribution in [0, 0.1) is 0 Å². The van der Waals surface area contributed by atoms with E-state index in [2.05, 4.69) is 46.4 Å². The van der Waals surface area contributed by atoms with Gasteiger partial charge in [0.15, 0.2) is 5.82 Å². The van der Waals surface area contributed by atoms with Crippen LogP contribution in [0.2, 0.25) is 0 Å². The van der Waals surface area contributed by atoms with Gasteiger partial charge in [0.05, 0.1) is 6.54 Å². The van der Waals surface area contributed by atoms with Crippen LogP contribution in [0.1, 0.15) is 37.4 Å². The Bertz CT molecular complexity index is 848. The summed E-state index contributed by atoms with van der Waals surface area (Å²) in [6.45, 7) is 4.68. The molecular weight excluding hydrogens is 290 g/mol. The van der Waals surface area contributed by atoms with Crippen molar-refractivity contribution >= 4 is 11.5 Å². The molecule has 23 heavy (non-hydrogen) atoms. The second-order valence-corrected chi connectivity index (χ2v) is 5.55. The van der Waals surface area contributed by atoms with Gasteiger partial charge >= 0.3 is 0 Å². The molecule has 0 fully saturated rings. The van der Waals surface area contributed by atoms with Crippen LogP contribution >= 0.6 is 0 Å². The van der Waals surface area contributed by atoms with Crippen LogP contribution in [0.5, 0.6) is 0 Å². The largest absolute Gasteiger partial charge is 0.378 e. The van der Waals surface area contributed by atoms with Crippen LogP contribution in [0.25, 0.3) is 5.78 Å². The maximum absolute atomic E-state index is 12.1. The molecule has 6 heteroatoms. The Hall–Kier alpha value is -2.63. The molecule has 0 atom stereocenters. The Labute approximate surface area is 134 Å². The number of aromatic nitrogens is 4. The van der Waals surface area contributed by atoms with Crippen molar-refractivity contribution in [2.75, 3.05) is 5.32 Å². The Kier molecular flexibility index (Phi) is 4.41. The summed E-state index contributed by atoms with van der Waals surface area (Å²) in [6, 6.07) is 9.87. The summed E-state index contributed by atoms with van der Waals surface area (Å²) in [5.74, 6) is 1.09. The van der Waals surface area contributed by atoms with Crippen molar-refractivity contribution in [3.8, 4) is 0 Å². The molecule has 0 aliphatic heterocycles. The zero-order chi connectivity index (χ0) is 16.2. The molecule has 3 aromatic rings. The average molecular weight is 311 g/mol. The Morgan fingerprint density at radius 2 is 2.00 bits per heavy atom. The molecule has 0 unspecified atom stereocenters. The van der Waals surface area contributed by atoms with Crippen LogP contribution in [0.4, 0.5) is 5.69 Å². The van der Waals surface area contributed by atoms with Crippen molar-refractivity contribution in [1.29, 1.82) is 0 Å². The van der Waals surface area contributed by atoms with Gasteiger partial charge in [-0.05, 0) is 30.5 Å². The minimum Gasteiger partial charge on any atom is -0.378 e. The number of fused-ring (bicyclic) bond motifs is 1. The molecule has 6 nitrogen and oxygen atoms in total. The van der Waals surface area contributed by atoms with E-state index in [0.717, 1.165) is 30.6 Å². The lowest BCUT2D eigenvalue weighted by Gasteiger charge is -2.04. The third-order valence-corrected chi connectivity index (χ3v) is 3.76. The molecule has 0 saturated heterocycles. The minimum absolute atomic E-state index is 0.145. The van der Waals surface area contributed by atoms with Gasteiger partial charge in [0.25, 0.3) is 5.56 Å². The summed E-state index contributed by atoms with van der Waals surface area (Å²) >= 11 is 0. The lowest BCUT2D eigenvalue weighted by molar-refractivity contribution is 0.825. The predicted molar refractivity (Wildman–Crippen MR) is 90.7 cm³/mol. The molecule has 2 aromatic heterocycles. The summed E-state index contributed by atoms with van der Waals surface area (Å²) in [6.07, 6.45) is 2.83. The van der Waals surface area contributed by atoms with E-state index in [1.807, 2.05) is 12.1 Å². The summed E-state index contributed by atoms with van der Waals surface area (Å²) in [5, 5.41) is 7.54. The number of aryl methyl sites for hydroxylation is 2. The highest BCUT2D eigenvalue weighted by Gasteiger charge is 2.08. The topological polar surface area (TPSA) is 75.1 Å². The average Bonchev–Trinajstić information content (AvgIpc) is 2.97. The number of rotatable bonds is 6. The van der Waals surface area contributed by atoms with E-state index in [-0.39, 0.29) is 5.56 Å². The summed E-state index contributed by atoms with van der Waals surface area (Å²) in [5.41, 5.74) is 3.06. The van der Waals surface area contributed by atoms with E-state index in [0.29, 0.717) is 18.1 Å². The summed E-state index contributed by atoms with van der Waals surface area (Å²) < 4.78 is 1.32. The third-order valence-electron chi connectivity index (χ3n) is 3.76. The molecule has 2 N–H and O–H groups in total. The van der Waals surface area contributed by atoms with Crippen LogP contribution in [-0.2, 0) is 19.4 Å². The smallest absolute Gasteiger partial charge is 0.275 e. The van der Waals surface area contributed by atoms with Crippen molar-refractivity contribution in [3.05, 3.63) is 57.8 Å². The molecule has 0 aliphatic rings. The van der Waals surface area contributed by atoms with Crippen LogP contribution in [0.15, 0.2) is 35.1 Å². The fourth-order valence-electron chi connectivity index (χ4n) is 2.50. The first-order chi connectivity index (χ1) is 11.2. The van der Waals surface area contributed by atoms with Crippen molar-refractivity contribution < 1.29 is 0 Å². The van der Waals surface area contributed by atoms with Gasteiger partial charge in [0.1, 0.15) is 0 Å². The van der Waals surface area contributed by atoms with E-state index in [9.17, 15) is 4.79 Å². The zero-order valence-corrected chi connectivity index (χ0v) is 13.5. The third kappa shape index (κ3) is 3.41. The fourth-order valence-corrected chi connectivity index (χ4v) is 2.50. The Balaban J connectivity index is 1.77. The highest BCUT2D eigenvalue weighted by Crippen LogP contribution is 2.11. The number of hydrogen-bond acceptors (Lipinski definition) is 4. The molecule has 3 rings (SSSR count). The molecule has 0 spiro atoms. The van der Waals surface area contributed by atoms with Gasteiger partial charge in [-0.3, -0.25) is 4.79 Å². The van der Waals surface area contributed by atoms with E-state index < -0.39 is 0 Å². The van der Waals surface area contributed by atoms with E-state index in [4.69, 9.17) is 0 Å². The first-order valence-corrected chi connectivity index (χ1v) is 8.00. The molecule has 2 heterocycles. The van der Waals surface area contributed by atoms with E-state index in [1.54, 1.807) is 6.07 Å². The maximum Gasteiger partial charge on any atom is 0.275 e. The first-order valence-electron chi connectivity index (χ1n) is 8.00. The van der Waals surface area contributed by atoms with Gasteiger partial charge in [-0.25, -0.2) is 0 Å². The van der Waals surface area contributed by atoms with Gasteiger partial charge in [0.2, 0.25) is 5.78 Å². The standard InChI is InChI=1S/C17H21N5O/c1-3-5-14-10-16(23)22-17(19-14)20-15(21-22)11-18-13-8-6-12(4-2)7-9-13/h6-10,18H,3-5,11H2,1-2H3,(H,19,20,21). The monoisotopic (exact) mass is 311 g/mol. The number of nitrogens with one attached hydrogen (secondary N) is 2. The molecular formula is C17H21N5O. The zero-order valence-electron chi connectivity index (χ0n) is 13.5. The first kappa shape index (κ1) is 15.3. The number of H-pyrrole nitrogens is 1. The van der Waals surface area contributed by atoms with Crippen molar-refractivity contribution in [1.82, 2.24) is 19.6 Å². The normalized spacial score (nSPS) is 11.0. The highest BCUT2D eigenvalue weighted by molar-refractivity contribution is 5.44. The number of hydrogen-bond donors (Lipinski definition) is 2. The SMILES string of the molecule is CCCc1cc(=O)n2nc(CNc3ccc(CC)cc3)nc2[nH]1. The van der Waals surface area contributed by atoms with Gasteiger partial charge < -0.3 is 10.3 Å². The van der Waals surface area contributed by atoms with Gasteiger partial charge in [0, 0.05) is 17.4 Å². The molecule has 0 saturated carbocycles. The quantitative estimate of drug-likeness (QED) is 0.733. The van der Waals surface area contributed by atoms with Crippen molar-refractivity contribution in [2.45, 2.75) is 39.7 Å². The second kappa shape index (κ2) is 6.64. The lowest BCUT2D eigenvalue weighted by atomic mass is 10.1. The van der Waals surface area contributed by atoms with E-state index in [1.165, 1.54) is 10.1 Å². The molecule has 0 aliphatic carbocycles. The number of benzene rings is 1. The molecule has 0 radical (unpaired) electrons. The molecule has 120 valence electrons. The fraction of sp³-hybridized carbons (Fsp3) is 0.353. The van der Waals surface area contributed by atoms with Crippen molar-refractivity contribution in [2.24, 2.45) is 0 Å². The van der Waals surface area contributed by atoms with Gasteiger partial charge in [-0.1, -0.05) is 32.4 Å². The summed E-state index contributed by atoms with van der Waals surface area (Å²) in [4.78, 5) is 19.6. The number of nitrogens with zero attached hydrogens (tertiary/aromatic N) is 3. The molecule has 0 bridgehead atoms. The van der Waals surface area contributed by atoms with Crippen LogP contribution in [-0.4, -0.2) is 19.6 Å². The Morgan fingerprint density at radius 3 is 2.70 bits per heavy atom. The van der Waals surface area contributed by atoms with Gasteiger partial charge in [-0.2, -0.15) is 9.50 Å². The van der Waals surface area contributed by atoms with Crippen molar-refractivity contribution in [3.63, 3.8) is 0 Å². The molecule has 0 amide bonds. The maximum atomic E-state index is 12.1. The Morgan fingerprint density at radius 1 is 1.22 bits per heavy atom. The molecule has 1 aromatic carbocycles. The van der Waals surface area contributed by atoms with E-state index >= 15 is 0 Å². The number of aromatic amines is 1. The second-order valence-electron chi connectivity index (χ2n) is 5.55.